The van der Waals surface area contributed by atoms with E-state index in [1.807, 2.05) is 26.0 Å². The van der Waals surface area contributed by atoms with Gasteiger partial charge in [-0.15, -0.1) is 0 Å². The lowest BCUT2D eigenvalue weighted by atomic mass is 9.95. The Morgan fingerprint density at radius 2 is 1.86 bits per heavy atom. The fourth-order valence-electron chi connectivity index (χ4n) is 5.28. The Kier molecular flexibility index (Phi) is 4.90. The number of nitrogens with one attached hydrogen (secondary N) is 1. The van der Waals surface area contributed by atoms with Crippen molar-refractivity contribution < 1.29 is 17.7 Å². The Morgan fingerprint density at radius 3 is 2.51 bits per heavy atom. The van der Waals surface area contributed by atoms with Gasteiger partial charge in [0.15, 0.2) is 9.84 Å². The van der Waals surface area contributed by atoms with Crippen molar-refractivity contribution in [1.29, 1.82) is 0 Å². The quantitative estimate of drug-likeness (QED) is 0.442. The molecule has 2 aliphatic rings. The topological polar surface area (TPSA) is 109 Å². The first kappa shape index (κ1) is 22.0. The molecule has 35 heavy (non-hydrogen) atoms. The minimum atomic E-state index is -3.78. The highest BCUT2D eigenvalue weighted by Crippen LogP contribution is 2.45. The molecule has 1 N–H and O–H groups in total. The van der Waals surface area contributed by atoms with E-state index in [1.54, 1.807) is 42.3 Å². The normalized spacial score (nSPS) is 20.8. The van der Waals surface area contributed by atoms with Crippen LogP contribution < -0.4 is 0 Å². The van der Waals surface area contributed by atoms with Crippen LogP contribution in [0.25, 0.3) is 22.2 Å². The second-order valence-electron chi connectivity index (χ2n) is 9.61. The van der Waals surface area contributed by atoms with E-state index < -0.39 is 21.1 Å². The predicted octanol–water partition coefficient (Wildman–Crippen LogP) is 4.46. The molecule has 0 bridgehead atoms. The molecule has 1 saturated heterocycles. The van der Waals surface area contributed by atoms with Crippen molar-refractivity contribution in [2.75, 3.05) is 7.05 Å². The van der Waals surface area contributed by atoms with Crippen molar-refractivity contribution in [3.05, 3.63) is 65.3 Å². The smallest absolute Gasteiger partial charge is 0.224 e. The van der Waals surface area contributed by atoms with E-state index in [-0.39, 0.29) is 17.2 Å². The van der Waals surface area contributed by atoms with Crippen molar-refractivity contribution in [3.8, 4) is 11.1 Å². The first-order valence-corrected chi connectivity index (χ1v) is 13.3. The summed E-state index contributed by atoms with van der Waals surface area (Å²) in [4.78, 5) is 23.1. The van der Waals surface area contributed by atoms with Crippen LogP contribution in [0.2, 0.25) is 0 Å². The number of hydrogen-bond acceptors (Lipinski definition) is 6. The third-order valence-corrected chi connectivity index (χ3v) is 9.40. The summed E-state index contributed by atoms with van der Waals surface area (Å²) in [6.07, 6.45) is 2.09. The number of benzene rings is 2. The minimum absolute atomic E-state index is 0.0741. The number of likely N-dealkylation sites (tertiary alicyclic amines) is 1. The van der Waals surface area contributed by atoms with Gasteiger partial charge in [-0.2, -0.15) is 0 Å². The summed E-state index contributed by atoms with van der Waals surface area (Å²) in [5, 5.41) is 3.18. The summed E-state index contributed by atoms with van der Waals surface area (Å²) < 4.78 is 32.9. The van der Waals surface area contributed by atoms with E-state index in [9.17, 15) is 13.2 Å². The van der Waals surface area contributed by atoms with Crippen LogP contribution in [0.15, 0.2) is 51.9 Å². The van der Waals surface area contributed by atoms with E-state index >= 15 is 0 Å². The van der Waals surface area contributed by atoms with Crippen LogP contribution in [0.3, 0.4) is 0 Å². The summed E-state index contributed by atoms with van der Waals surface area (Å²) in [6.45, 7) is 3.74. The number of rotatable bonds is 5. The van der Waals surface area contributed by atoms with Crippen LogP contribution in [0, 0.1) is 13.8 Å². The molecule has 180 valence electrons. The highest BCUT2D eigenvalue weighted by molar-refractivity contribution is 7.92. The van der Waals surface area contributed by atoms with Gasteiger partial charge in [-0.05, 0) is 56.5 Å². The molecule has 1 amide bonds. The van der Waals surface area contributed by atoms with Crippen LogP contribution in [0.4, 0.5) is 0 Å². The molecule has 2 aromatic carbocycles. The fraction of sp³-hybridized carbons (Fsp3) is 0.346. The number of aryl methyl sites for hydroxylation is 2. The molecule has 2 fully saturated rings. The molecule has 6 rings (SSSR count). The van der Waals surface area contributed by atoms with Gasteiger partial charge in [0.1, 0.15) is 11.6 Å². The number of H-pyrrole nitrogens is 1. The van der Waals surface area contributed by atoms with Gasteiger partial charge in [0.05, 0.1) is 32.9 Å². The molecular formula is C26H26N4O4S. The number of aromatic nitrogens is 3. The van der Waals surface area contributed by atoms with Crippen molar-refractivity contribution in [1.82, 2.24) is 20.0 Å². The number of hydrogen-bond donors (Lipinski definition) is 1. The van der Waals surface area contributed by atoms with E-state index in [4.69, 9.17) is 9.51 Å². The van der Waals surface area contributed by atoms with E-state index in [0.717, 1.165) is 46.6 Å². The lowest BCUT2D eigenvalue weighted by Gasteiger charge is -2.26. The van der Waals surface area contributed by atoms with Crippen molar-refractivity contribution in [2.24, 2.45) is 0 Å². The molecule has 1 aliphatic carbocycles. The molecule has 0 unspecified atom stereocenters. The Bertz CT molecular complexity index is 1550. The van der Waals surface area contributed by atoms with Crippen LogP contribution in [0.1, 0.15) is 54.1 Å². The van der Waals surface area contributed by atoms with Gasteiger partial charge in [0.25, 0.3) is 0 Å². The zero-order chi connectivity index (χ0) is 24.5. The van der Waals surface area contributed by atoms with Crippen molar-refractivity contribution in [3.63, 3.8) is 0 Å². The molecule has 9 heteroatoms. The molecule has 3 heterocycles. The molecule has 2 atom stereocenters. The Labute approximate surface area is 203 Å². The summed E-state index contributed by atoms with van der Waals surface area (Å²) in [6, 6.07) is 11.7. The van der Waals surface area contributed by atoms with Crippen molar-refractivity contribution in [2.45, 2.75) is 55.2 Å². The number of amides is 1. The standard InChI is InChI=1S/C26H26N4O4S/c1-14-23(15(2)34-29-14)17-11-19(24-20(12-17)27-26(28-24)16-9-10-16)25-21(13-22(31)30(25)3)35(32,33)18-7-5-4-6-8-18/h4-8,11-12,16,21,25H,9-10,13H2,1-3H3,(H,27,28)/t21-,25+/m0/s1. The Hall–Kier alpha value is -3.46. The summed E-state index contributed by atoms with van der Waals surface area (Å²) in [5.74, 6) is 1.78. The number of aromatic amines is 1. The molecule has 2 aromatic heterocycles. The van der Waals surface area contributed by atoms with Gasteiger partial charge in [-0.25, -0.2) is 13.4 Å². The third kappa shape index (κ3) is 3.48. The highest BCUT2D eigenvalue weighted by atomic mass is 32.2. The van der Waals surface area contributed by atoms with Gasteiger partial charge in [0, 0.05) is 30.5 Å². The maximum absolute atomic E-state index is 13.8. The fourth-order valence-corrected chi connectivity index (χ4v) is 7.20. The second kappa shape index (κ2) is 7.78. The SMILES string of the molecule is Cc1noc(C)c1-c1cc([C@@H]2[C@@H](S(=O)(=O)c3ccccc3)CC(=O)N2C)c2nc(C3CC3)[nH]c2c1. The Morgan fingerprint density at radius 1 is 1.11 bits per heavy atom. The van der Waals surface area contributed by atoms with E-state index in [0.29, 0.717) is 17.2 Å². The van der Waals surface area contributed by atoms with E-state index in [2.05, 4.69) is 10.1 Å². The predicted molar refractivity (Wildman–Crippen MR) is 131 cm³/mol. The number of sulfone groups is 1. The lowest BCUT2D eigenvalue weighted by Crippen LogP contribution is -2.30. The van der Waals surface area contributed by atoms with Gasteiger partial charge in [0.2, 0.25) is 5.91 Å². The molecule has 4 aromatic rings. The van der Waals surface area contributed by atoms with Gasteiger partial charge in [-0.1, -0.05) is 23.4 Å². The summed E-state index contributed by atoms with van der Waals surface area (Å²) >= 11 is 0. The third-order valence-electron chi connectivity index (χ3n) is 7.25. The average Bonchev–Trinajstić information content (AvgIpc) is 3.42. The number of carbonyl (C=O) groups excluding carboxylic acids is 1. The number of carbonyl (C=O) groups is 1. The van der Waals surface area contributed by atoms with Gasteiger partial charge in [-0.3, -0.25) is 4.79 Å². The average molecular weight is 491 g/mol. The van der Waals surface area contributed by atoms with Gasteiger partial charge >= 0.3 is 0 Å². The van der Waals surface area contributed by atoms with Crippen LogP contribution in [-0.2, 0) is 14.6 Å². The summed E-state index contributed by atoms with van der Waals surface area (Å²) in [7, 11) is -2.11. The molecule has 0 radical (unpaired) electrons. The van der Waals surface area contributed by atoms with Crippen molar-refractivity contribution >= 4 is 26.8 Å². The molecule has 1 saturated carbocycles. The highest BCUT2D eigenvalue weighted by Gasteiger charge is 2.47. The minimum Gasteiger partial charge on any atom is -0.361 e. The van der Waals surface area contributed by atoms with Crippen LogP contribution in [-0.4, -0.2) is 46.6 Å². The number of imidazole rings is 1. The monoisotopic (exact) mass is 490 g/mol. The van der Waals surface area contributed by atoms with Crippen LogP contribution in [0.5, 0.6) is 0 Å². The lowest BCUT2D eigenvalue weighted by molar-refractivity contribution is -0.127. The molecule has 8 nitrogen and oxygen atoms in total. The largest absolute Gasteiger partial charge is 0.361 e. The summed E-state index contributed by atoms with van der Waals surface area (Å²) in [5.41, 5.74) is 4.73. The van der Waals surface area contributed by atoms with Crippen LogP contribution >= 0.6 is 0 Å². The maximum atomic E-state index is 13.8. The Balaban J connectivity index is 1.58. The van der Waals surface area contributed by atoms with Gasteiger partial charge < -0.3 is 14.4 Å². The zero-order valence-electron chi connectivity index (χ0n) is 19.8. The number of fused-ring (bicyclic) bond motifs is 1. The number of nitrogens with zero attached hydrogens (tertiary/aromatic N) is 3. The molecule has 1 aliphatic heterocycles. The first-order chi connectivity index (χ1) is 16.8. The van der Waals surface area contributed by atoms with E-state index in [1.165, 1.54) is 0 Å². The first-order valence-electron chi connectivity index (χ1n) is 11.8. The zero-order valence-corrected chi connectivity index (χ0v) is 20.6. The molecule has 0 spiro atoms. The maximum Gasteiger partial charge on any atom is 0.224 e. The second-order valence-corrected chi connectivity index (χ2v) is 11.8. The molecular weight excluding hydrogens is 464 g/mol.